The molecular formula is C15H26N2. The van der Waals surface area contributed by atoms with Gasteiger partial charge in [0.1, 0.15) is 0 Å². The van der Waals surface area contributed by atoms with E-state index in [4.69, 9.17) is 11.5 Å². The van der Waals surface area contributed by atoms with Crippen LogP contribution in [-0.2, 0) is 5.41 Å². The summed E-state index contributed by atoms with van der Waals surface area (Å²) < 4.78 is 0. The van der Waals surface area contributed by atoms with E-state index in [1.165, 1.54) is 11.1 Å². The molecule has 0 fully saturated rings. The first kappa shape index (κ1) is 13.9. The number of nitrogens with two attached hydrogens (primary N) is 2. The van der Waals surface area contributed by atoms with Crippen molar-refractivity contribution in [2.75, 3.05) is 11.5 Å². The first-order valence-corrected chi connectivity index (χ1v) is 6.53. The van der Waals surface area contributed by atoms with Crippen molar-refractivity contribution in [3.63, 3.8) is 0 Å². The zero-order valence-electron chi connectivity index (χ0n) is 11.8. The Labute approximate surface area is 105 Å². The maximum atomic E-state index is 6.21. The molecule has 0 radical (unpaired) electrons. The van der Waals surface area contributed by atoms with Crippen molar-refractivity contribution in [3.8, 4) is 0 Å². The molecule has 1 rings (SSSR count). The van der Waals surface area contributed by atoms with E-state index < -0.39 is 0 Å². The predicted molar refractivity (Wildman–Crippen MR) is 77.3 cm³/mol. The molecule has 0 saturated carbocycles. The van der Waals surface area contributed by atoms with Crippen LogP contribution in [0, 0.1) is 0 Å². The molecule has 0 spiro atoms. The monoisotopic (exact) mass is 234 g/mol. The van der Waals surface area contributed by atoms with Crippen LogP contribution >= 0.6 is 0 Å². The van der Waals surface area contributed by atoms with Crippen LogP contribution in [0.15, 0.2) is 12.1 Å². The Morgan fingerprint density at radius 3 is 2.18 bits per heavy atom. The molecule has 4 N–H and O–H groups in total. The molecule has 0 aliphatic heterocycles. The van der Waals surface area contributed by atoms with Crippen molar-refractivity contribution >= 4 is 11.4 Å². The lowest BCUT2D eigenvalue weighted by molar-refractivity contribution is 0.508. The molecule has 0 amide bonds. The lowest BCUT2D eigenvalue weighted by Crippen LogP contribution is -2.19. The molecule has 1 aromatic carbocycles. The van der Waals surface area contributed by atoms with Gasteiger partial charge >= 0.3 is 0 Å². The highest BCUT2D eigenvalue weighted by Crippen LogP contribution is 2.38. The van der Waals surface area contributed by atoms with Gasteiger partial charge in [-0.15, -0.1) is 0 Å². The summed E-state index contributed by atoms with van der Waals surface area (Å²) in [4.78, 5) is 0. The van der Waals surface area contributed by atoms with Gasteiger partial charge in [0, 0.05) is 0 Å². The SMILES string of the molecule is CCC(C)c1ccc(C(C)(C)CC)c(N)c1N. The molecule has 1 aromatic rings. The average molecular weight is 234 g/mol. The van der Waals surface area contributed by atoms with Gasteiger partial charge in [-0.3, -0.25) is 0 Å². The second-order valence-electron chi connectivity index (χ2n) is 5.58. The van der Waals surface area contributed by atoms with Gasteiger partial charge in [0.05, 0.1) is 11.4 Å². The van der Waals surface area contributed by atoms with E-state index in [0.717, 1.165) is 24.2 Å². The summed E-state index contributed by atoms with van der Waals surface area (Å²) >= 11 is 0. The highest BCUT2D eigenvalue weighted by atomic mass is 14.7. The van der Waals surface area contributed by atoms with Crippen LogP contribution < -0.4 is 11.5 Å². The number of benzene rings is 1. The van der Waals surface area contributed by atoms with Gasteiger partial charge in [-0.1, -0.05) is 46.8 Å². The van der Waals surface area contributed by atoms with E-state index in [1.54, 1.807) is 0 Å². The Morgan fingerprint density at radius 2 is 1.71 bits per heavy atom. The summed E-state index contributed by atoms with van der Waals surface area (Å²) in [5.41, 5.74) is 16.4. The smallest absolute Gasteiger partial charge is 0.0588 e. The van der Waals surface area contributed by atoms with Crippen molar-refractivity contribution in [3.05, 3.63) is 23.3 Å². The van der Waals surface area contributed by atoms with Crippen LogP contribution in [0.5, 0.6) is 0 Å². The molecule has 0 aromatic heterocycles. The van der Waals surface area contributed by atoms with Crippen molar-refractivity contribution in [2.45, 2.75) is 58.8 Å². The van der Waals surface area contributed by atoms with Gasteiger partial charge in [0.2, 0.25) is 0 Å². The zero-order valence-corrected chi connectivity index (χ0v) is 11.8. The quantitative estimate of drug-likeness (QED) is 0.772. The molecule has 0 saturated heterocycles. The maximum absolute atomic E-state index is 6.21. The zero-order chi connectivity index (χ0) is 13.2. The lowest BCUT2D eigenvalue weighted by atomic mass is 9.79. The Bertz CT molecular complexity index is 394. The van der Waals surface area contributed by atoms with Crippen molar-refractivity contribution in [1.29, 1.82) is 0 Å². The maximum Gasteiger partial charge on any atom is 0.0588 e. The van der Waals surface area contributed by atoms with Crippen molar-refractivity contribution in [1.82, 2.24) is 0 Å². The van der Waals surface area contributed by atoms with Crippen LogP contribution in [0.2, 0.25) is 0 Å². The summed E-state index contributed by atoms with van der Waals surface area (Å²) in [5, 5.41) is 0. The molecule has 2 heteroatoms. The second-order valence-corrected chi connectivity index (χ2v) is 5.58. The molecule has 96 valence electrons. The number of hydrogen-bond acceptors (Lipinski definition) is 2. The molecular weight excluding hydrogens is 208 g/mol. The third-order valence-electron chi connectivity index (χ3n) is 4.08. The normalized spacial score (nSPS) is 13.7. The summed E-state index contributed by atoms with van der Waals surface area (Å²) in [7, 11) is 0. The third kappa shape index (κ3) is 2.56. The predicted octanol–water partition coefficient (Wildman–Crippen LogP) is 4.05. The van der Waals surface area contributed by atoms with Gasteiger partial charge < -0.3 is 11.5 Å². The molecule has 1 atom stereocenters. The van der Waals surface area contributed by atoms with E-state index in [9.17, 15) is 0 Å². The van der Waals surface area contributed by atoms with Gasteiger partial charge in [0.15, 0.2) is 0 Å². The summed E-state index contributed by atoms with van der Waals surface area (Å²) in [6.07, 6.45) is 2.14. The van der Waals surface area contributed by atoms with E-state index >= 15 is 0 Å². The molecule has 0 aliphatic rings. The summed E-state index contributed by atoms with van der Waals surface area (Å²) in [5.74, 6) is 0.469. The molecule has 0 aliphatic carbocycles. The fraction of sp³-hybridized carbons (Fsp3) is 0.600. The lowest BCUT2D eigenvalue weighted by Gasteiger charge is -2.27. The first-order valence-electron chi connectivity index (χ1n) is 6.53. The van der Waals surface area contributed by atoms with Crippen molar-refractivity contribution < 1.29 is 0 Å². The standard InChI is InChI=1S/C15H26N2/c1-6-10(3)11-8-9-12(14(17)13(11)16)15(4,5)7-2/h8-10H,6-7,16-17H2,1-5H3. The third-order valence-corrected chi connectivity index (χ3v) is 4.08. The Hall–Kier alpha value is -1.18. The van der Waals surface area contributed by atoms with E-state index in [0.29, 0.717) is 5.92 Å². The van der Waals surface area contributed by atoms with Gasteiger partial charge in [-0.25, -0.2) is 0 Å². The number of anilines is 2. The van der Waals surface area contributed by atoms with Crippen molar-refractivity contribution in [2.24, 2.45) is 0 Å². The largest absolute Gasteiger partial charge is 0.397 e. The van der Waals surface area contributed by atoms with Gasteiger partial charge in [0.25, 0.3) is 0 Å². The molecule has 17 heavy (non-hydrogen) atoms. The first-order chi connectivity index (χ1) is 7.85. The minimum Gasteiger partial charge on any atom is -0.397 e. The van der Waals surface area contributed by atoms with E-state index in [-0.39, 0.29) is 5.41 Å². The molecule has 0 bridgehead atoms. The van der Waals surface area contributed by atoms with Gasteiger partial charge in [-0.05, 0) is 35.3 Å². The second kappa shape index (κ2) is 4.99. The fourth-order valence-corrected chi connectivity index (χ4v) is 2.08. The van der Waals surface area contributed by atoms with Crippen LogP contribution in [0.25, 0.3) is 0 Å². The molecule has 0 heterocycles. The van der Waals surface area contributed by atoms with Crippen LogP contribution in [-0.4, -0.2) is 0 Å². The Balaban J connectivity index is 3.29. The van der Waals surface area contributed by atoms with Crippen LogP contribution in [0.1, 0.15) is 64.5 Å². The van der Waals surface area contributed by atoms with Crippen LogP contribution in [0.3, 0.4) is 0 Å². The van der Waals surface area contributed by atoms with Crippen LogP contribution in [0.4, 0.5) is 11.4 Å². The molecule has 2 nitrogen and oxygen atoms in total. The Morgan fingerprint density at radius 1 is 1.12 bits per heavy atom. The average Bonchev–Trinajstić information content (AvgIpc) is 2.31. The summed E-state index contributed by atoms with van der Waals surface area (Å²) in [6, 6.07) is 4.29. The highest BCUT2D eigenvalue weighted by Gasteiger charge is 2.23. The Kier molecular flexibility index (Phi) is 4.07. The van der Waals surface area contributed by atoms with E-state index in [2.05, 4.69) is 46.8 Å². The fourth-order valence-electron chi connectivity index (χ4n) is 2.08. The topological polar surface area (TPSA) is 52.0 Å². The number of hydrogen-bond donors (Lipinski definition) is 2. The van der Waals surface area contributed by atoms with E-state index in [1.807, 2.05) is 0 Å². The minimum atomic E-state index is 0.0895. The highest BCUT2D eigenvalue weighted by molar-refractivity contribution is 5.73. The molecule has 1 unspecified atom stereocenters. The summed E-state index contributed by atoms with van der Waals surface area (Å²) in [6.45, 7) is 11.0. The van der Waals surface area contributed by atoms with Gasteiger partial charge in [-0.2, -0.15) is 0 Å². The number of nitrogen functional groups attached to an aromatic ring is 2. The minimum absolute atomic E-state index is 0.0895. The number of rotatable bonds is 4.